The van der Waals surface area contributed by atoms with Gasteiger partial charge in [0.1, 0.15) is 17.6 Å². The van der Waals surface area contributed by atoms with Crippen molar-refractivity contribution in [3.8, 4) is 5.75 Å². The normalized spacial score (nSPS) is 19.3. The lowest BCUT2D eigenvalue weighted by molar-refractivity contribution is 0.0557. The second-order valence-corrected chi connectivity index (χ2v) is 6.50. The van der Waals surface area contributed by atoms with Gasteiger partial charge < -0.3 is 19.2 Å². The van der Waals surface area contributed by atoms with Gasteiger partial charge in [-0.05, 0) is 43.2 Å². The van der Waals surface area contributed by atoms with Gasteiger partial charge in [0.25, 0.3) is 5.91 Å². The van der Waals surface area contributed by atoms with Gasteiger partial charge in [-0.1, -0.05) is 18.9 Å². The lowest BCUT2D eigenvalue weighted by atomic mass is 10.0. The highest BCUT2D eigenvalue weighted by Gasteiger charge is 2.29. The zero-order valence-electron chi connectivity index (χ0n) is 14.6. The van der Waals surface area contributed by atoms with Crippen molar-refractivity contribution in [1.82, 2.24) is 4.90 Å². The van der Waals surface area contributed by atoms with E-state index in [9.17, 15) is 9.90 Å². The van der Waals surface area contributed by atoms with Crippen molar-refractivity contribution in [3.63, 3.8) is 0 Å². The average molecular weight is 343 g/mol. The van der Waals surface area contributed by atoms with Crippen LogP contribution in [-0.4, -0.2) is 35.6 Å². The Morgan fingerprint density at radius 3 is 2.96 bits per heavy atom. The van der Waals surface area contributed by atoms with Gasteiger partial charge in [0.05, 0.1) is 13.4 Å². The molecule has 5 heteroatoms. The van der Waals surface area contributed by atoms with Gasteiger partial charge in [-0.3, -0.25) is 4.79 Å². The van der Waals surface area contributed by atoms with Crippen LogP contribution in [-0.2, 0) is 0 Å². The van der Waals surface area contributed by atoms with Crippen LogP contribution in [0.1, 0.15) is 54.3 Å². The summed E-state index contributed by atoms with van der Waals surface area (Å²) in [5.74, 6) is 1.23. The number of carbonyl (C=O) groups is 1. The Morgan fingerprint density at radius 1 is 1.32 bits per heavy atom. The Kier molecular flexibility index (Phi) is 5.76. The number of amides is 1. The molecule has 1 aliphatic heterocycles. The number of likely N-dealkylation sites (tertiary alicyclic amines) is 1. The van der Waals surface area contributed by atoms with E-state index in [1.807, 2.05) is 23.1 Å². The van der Waals surface area contributed by atoms with Crippen molar-refractivity contribution in [1.29, 1.82) is 0 Å². The zero-order chi connectivity index (χ0) is 17.6. The monoisotopic (exact) mass is 343 g/mol. The topological polar surface area (TPSA) is 62.9 Å². The van der Waals surface area contributed by atoms with Gasteiger partial charge in [-0.15, -0.1) is 0 Å². The molecule has 1 N–H and O–H groups in total. The number of hydrogen-bond acceptors (Lipinski definition) is 4. The van der Waals surface area contributed by atoms with E-state index in [2.05, 4.69) is 0 Å². The summed E-state index contributed by atoms with van der Waals surface area (Å²) in [5.41, 5.74) is 0.624. The molecule has 134 valence electrons. The lowest BCUT2D eigenvalue weighted by Gasteiger charge is -2.31. The maximum atomic E-state index is 13.1. The van der Waals surface area contributed by atoms with Gasteiger partial charge in [0.2, 0.25) is 0 Å². The second-order valence-electron chi connectivity index (χ2n) is 6.50. The van der Waals surface area contributed by atoms with Gasteiger partial charge >= 0.3 is 0 Å². The van der Waals surface area contributed by atoms with Crippen molar-refractivity contribution in [2.24, 2.45) is 0 Å². The molecule has 0 bridgehead atoms. The standard InChI is InChI=1S/C20H25NO4/c1-24-17-9-5-7-15(13-17)20(23)21-11-4-2-3-8-16(21)14-18(22)19-10-6-12-25-19/h5-7,9-10,12-13,16,18,22H,2-4,8,11,14H2,1H3. The number of nitrogens with zero attached hydrogens (tertiary/aromatic N) is 1. The summed E-state index contributed by atoms with van der Waals surface area (Å²) in [6, 6.07) is 10.8. The number of aliphatic hydroxyl groups excluding tert-OH is 1. The Labute approximate surface area is 148 Å². The van der Waals surface area contributed by atoms with Crippen LogP contribution in [0.25, 0.3) is 0 Å². The predicted octanol–water partition coefficient (Wildman–Crippen LogP) is 3.80. The molecule has 0 aliphatic carbocycles. The molecule has 2 atom stereocenters. The number of ether oxygens (including phenoxy) is 1. The van der Waals surface area contributed by atoms with Crippen LogP contribution in [0.3, 0.4) is 0 Å². The smallest absolute Gasteiger partial charge is 0.254 e. The van der Waals surface area contributed by atoms with Crippen LogP contribution >= 0.6 is 0 Å². The molecule has 0 spiro atoms. The highest BCUT2D eigenvalue weighted by molar-refractivity contribution is 5.94. The minimum Gasteiger partial charge on any atom is -0.497 e. The Balaban J connectivity index is 1.78. The van der Waals surface area contributed by atoms with Gasteiger partial charge in [0.15, 0.2) is 0 Å². The fourth-order valence-electron chi connectivity index (χ4n) is 3.47. The Bertz CT molecular complexity index is 683. The SMILES string of the molecule is COc1cccc(C(=O)N2CCCCCC2CC(O)c2ccco2)c1. The second kappa shape index (κ2) is 8.21. The highest BCUT2D eigenvalue weighted by atomic mass is 16.5. The largest absolute Gasteiger partial charge is 0.497 e. The van der Waals surface area contributed by atoms with E-state index in [-0.39, 0.29) is 11.9 Å². The molecule has 1 aromatic carbocycles. The molecule has 2 unspecified atom stereocenters. The van der Waals surface area contributed by atoms with Crippen molar-refractivity contribution in [2.45, 2.75) is 44.2 Å². The fourth-order valence-corrected chi connectivity index (χ4v) is 3.47. The van der Waals surface area contributed by atoms with E-state index in [0.717, 1.165) is 25.7 Å². The molecule has 2 heterocycles. The van der Waals surface area contributed by atoms with E-state index in [0.29, 0.717) is 30.0 Å². The molecule has 1 aromatic heterocycles. The molecule has 1 fully saturated rings. The van der Waals surface area contributed by atoms with Crippen LogP contribution < -0.4 is 4.74 Å². The predicted molar refractivity (Wildman–Crippen MR) is 94.6 cm³/mol. The number of carbonyl (C=O) groups excluding carboxylic acids is 1. The molecular weight excluding hydrogens is 318 g/mol. The first-order valence-corrected chi connectivity index (χ1v) is 8.85. The van der Waals surface area contributed by atoms with Crippen molar-refractivity contribution in [3.05, 3.63) is 54.0 Å². The van der Waals surface area contributed by atoms with Crippen LogP contribution in [0.4, 0.5) is 0 Å². The Hall–Kier alpha value is -2.27. The van der Waals surface area contributed by atoms with Crippen LogP contribution in [0.2, 0.25) is 0 Å². The first-order chi connectivity index (χ1) is 12.2. The minimum absolute atomic E-state index is 0.00120. The molecule has 3 rings (SSSR count). The molecule has 0 saturated carbocycles. The zero-order valence-corrected chi connectivity index (χ0v) is 14.6. The van der Waals surface area contributed by atoms with Crippen molar-refractivity contribution in [2.75, 3.05) is 13.7 Å². The van der Waals surface area contributed by atoms with E-state index < -0.39 is 6.10 Å². The minimum atomic E-state index is -0.696. The maximum absolute atomic E-state index is 13.1. The third-order valence-corrected chi connectivity index (χ3v) is 4.82. The van der Waals surface area contributed by atoms with Gasteiger partial charge in [-0.2, -0.15) is 0 Å². The summed E-state index contributed by atoms with van der Waals surface area (Å²) in [6.45, 7) is 0.714. The number of furan rings is 1. The molecule has 1 aliphatic rings. The molecule has 0 radical (unpaired) electrons. The van der Waals surface area contributed by atoms with E-state index >= 15 is 0 Å². The number of benzene rings is 1. The average Bonchev–Trinajstić information content (AvgIpc) is 3.09. The van der Waals surface area contributed by atoms with Gasteiger partial charge in [-0.25, -0.2) is 0 Å². The number of rotatable bonds is 5. The molecule has 1 amide bonds. The molecular formula is C20H25NO4. The highest BCUT2D eigenvalue weighted by Crippen LogP contribution is 2.28. The van der Waals surface area contributed by atoms with E-state index in [4.69, 9.17) is 9.15 Å². The third kappa shape index (κ3) is 4.23. The summed E-state index contributed by atoms with van der Waals surface area (Å²) in [7, 11) is 1.60. The Morgan fingerprint density at radius 2 is 2.20 bits per heavy atom. The summed E-state index contributed by atoms with van der Waals surface area (Å²) in [6.07, 6.45) is 5.41. The third-order valence-electron chi connectivity index (χ3n) is 4.82. The quantitative estimate of drug-likeness (QED) is 0.897. The first-order valence-electron chi connectivity index (χ1n) is 8.85. The molecule has 2 aromatic rings. The van der Waals surface area contributed by atoms with Crippen molar-refractivity contribution < 1.29 is 19.1 Å². The van der Waals surface area contributed by atoms with Crippen LogP contribution in [0.5, 0.6) is 5.75 Å². The maximum Gasteiger partial charge on any atom is 0.254 e. The van der Waals surface area contributed by atoms with Crippen LogP contribution in [0.15, 0.2) is 47.1 Å². The summed E-state index contributed by atoms with van der Waals surface area (Å²) < 4.78 is 10.5. The van der Waals surface area contributed by atoms with E-state index in [1.54, 1.807) is 31.6 Å². The first kappa shape index (κ1) is 17.5. The van der Waals surface area contributed by atoms with Crippen molar-refractivity contribution >= 4 is 5.91 Å². The molecule has 25 heavy (non-hydrogen) atoms. The summed E-state index contributed by atoms with van der Waals surface area (Å²) in [4.78, 5) is 15.0. The molecule has 1 saturated heterocycles. The fraction of sp³-hybridized carbons (Fsp3) is 0.450. The molecule has 5 nitrogen and oxygen atoms in total. The van der Waals surface area contributed by atoms with Crippen LogP contribution in [0, 0.1) is 0 Å². The van der Waals surface area contributed by atoms with Gasteiger partial charge in [0, 0.05) is 24.6 Å². The number of hydrogen-bond donors (Lipinski definition) is 1. The van der Waals surface area contributed by atoms with E-state index in [1.165, 1.54) is 0 Å². The number of methoxy groups -OCH3 is 1. The number of aliphatic hydroxyl groups is 1. The summed E-state index contributed by atoms with van der Waals surface area (Å²) >= 11 is 0. The lowest BCUT2D eigenvalue weighted by Crippen LogP contribution is -2.40. The summed E-state index contributed by atoms with van der Waals surface area (Å²) in [5, 5.41) is 10.5.